The van der Waals surface area contributed by atoms with Crippen molar-refractivity contribution in [3.05, 3.63) is 0 Å². The summed E-state index contributed by atoms with van der Waals surface area (Å²) in [5, 5.41) is 0. The van der Waals surface area contributed by atoms with Crippen molar-refractivity contribution in [2.24, 2.45) is 0 Å². The fourth-order valence-corrected chi connectivity index (χ4v) is 0.152. The Labute approximate surface area is 48.7 Å². The average molecular weight is 148 g/mol. The van der Waals surface area contributed by atoms with Crippen molar-refractivity contribution < 1.29 is 22.0 Å². The van der Waals surface area contributed by atoms with Gasteiger partial charge in [-0.3, -0.25) is 0 Å². The van der Waals surface area contributed by atoms with Crippen molar-refractivity contribution in [2.75, 3.05) is 13.3 Å². The Bertz CT molecular complexity index is 77.0. The molecule has 0 aliphatic carbocycles. The zero-order valence-corrected chi connectivity index (χ0v) is 4.38. The van der Waals surface area contributed by atoms with Gasteiger partial charge in [0.2, 0.25) is 5.67 Å². The highest BCUT2D eigenvalue weighted by molar-refractivity contribution is 4.80. The van der Waals surface area contributed by atoms with Crippen LogP contribution in [0.3, 0.4) is 0 Å². The lowest BCUT2D eigenvalue weighted by Crippen LogP contribution is -2.36. The van der Waals surface area contributed by atoms with Crippen LogP contribution in [0.1, 0.15) is 0 Å². The Hall–Kier alpha value is -0.350. The summed E-state index contributed by atoms with van der Waals surface area (Å²) in [6.07, 6.45) is -3.59. The summed E-state index contributed by atoms with van der Waals surface area (Å²) in [6.45, 7) is -3.97. The SMILES string of the molecule is FCC(F)(CF)C(F)F. The fourth-order valence-electron chi connectivity index (χ4n) is 0.152. The van der Waals surface area contributed by atoms with Gasteiger partial charge in [0.05, 0.1) is 0 Å². The first-order valence-electron chi connectivity index (χ1n) is 2.16. The summed E-state index contributed by atoms with van der Waals surface area (Å²) in [6, 6.07) is 0. The van der Waals surface area contributed by atoms with Crippen LogP contribution < -0.4 is 0 Å². The zero-order valence-electron chi connectivity index (χ0n) is 4.38. The molecule has 5 heteroatoms. The van der Waals surface area contributed by atoms with Crippen LogP contribution in [0.2, 0.25) is 0 Å². The van der Waals surface area contributed by atoms with Crippen molar-refractivity contribution >= 4 is 0 Å². The lowest BCUT2D eigenvalue weighted by atomic mass is 10.1. The molecule has 0 aromatic rings. The minimum atomic E-state index is -3.59. The predicted molar refractivity (Wildman–Crippen MR) is 21.8 cm³/mol. The van der Waals surface area contributed by atoms with E-state index in [1.807, 2.05) is 0 Å². The molecule has 0 radical (unpaired) electrons. The highest BCUT2D eigenvalue weighted by atomic mass is 19.3. The van der Waals surface area contributed by atoms with Crippen LogP contribution in [0.5, 0.6) is 0 Å². The quantitative estimate of drug-likeness (QED) is 0.536. The maximum absolute atomic E-state index is 11.9. The summed E-state index contributed by atoms with van der Waals surface area (Å²) in [4.78, 5) is 0. The van der Waals surface area contributed by atoms with Gasteiger partial charge in [-0.15, -0.1) is 0 Å². The van der Waals surface area contributed by atoms with Crippen molar-refractivity contribution in [3.63, 3.8) is 0 Å². The van der Waals surface area contributed by atoms with Crippen LogP contribution in [0.25, 0.3) is 0 Å². The molecule has 0 atom stereocenters. The van der Waals surface area contributed by atoms with Gasteiger partial charge in [-0.1, -0.05) is 0 Å². The molecular weight excluding hydrogens is 143 g/mol. The summed E-state index contributed by atoms with van der Waals surface area (Å²) in [7, 11) is 0. The van der Waals surface area contributed by atoms with Crippen molar-refractivity contribution in [2.45, 2.75) is 12.1 Å². The van der Waals surface area contributed by atoms with Crippen LogP contribution in [-0.2, 0) is 0 Å². The molecule has 0 aliphatic heterocycles. The molecule has 0 aliphatic rings. The number of hydrogen-bond donors (Lipinski definition) is 0. The average Bonchev–Trinajstić information content (AvgIpc) is 1.86. The molecule has 0 bridgehead atoms. The van der Waals surface area contributed by atoms with Gasteiger partial charge >= 0.3 is 0 Å². The second kappa shape index (κ2) is 2.98. The molecule has 0 saturated heterocycles. The van der Waals surface area contributed by atoms with E-state index in [1.54, 1.807) is 0 Å². The first-order valence-corrected chi connectivity index (χ1v) is 2.16. The van der Waals surface area contributed by atoms with Crippen LogP contribution in [-0.4, -0.2) is 25.4 Å². The van der Waals surface area contributed by atoms with Crippen LogP contribution >= 0.6 is 0 Å². The van der Waals surface area contributed by atoms with E-state index in [9.17, 15) is 22.0 Å². The minimum absolute atomic E-state index is 1.98. The van der Waals surface area contributed by atoms with Gasteiger partial charge in [-0.2, -0.15) is 0 Å². The van der Waals surface area contributed by atoms with E-state index in [4.69, 9.17) is 0 Å². The number of hydrogen-bond acceptors (Lipinski definition) is 0. The molecule has 0 unspecified atom stereocenters. The van der Waals surface area contributed by atoms with Crippen LogP contribution in [0.15, 0.2) is 0 Å². The Morgan fingerprint density at radius 2 is 1.44 bits per heavy atom. The van der Waals surface area contributed by atoms with Crippen molar-refractivity contribution in [1.82, 2.24) is 0 Å². The minimum Gasteiger partial charge on any atom is -0.247 e. The molecule has 0 heterocycles. The molecule has 0 rings (SSSR count). The van der Waals surface area contributed by atoms with Gasteiger partial charge in [0, 0.05) is 0 Å². The molecule has 56 valence electrons. The molecule has 0 saturated carbocycles. The Morgan fingerprint density at radius 3 is 1.44 bits per heavy atom. The van der Waals surface area contributed by atoms with Gasteiger partial charge in [-0.05, 0) is 0 Å². The molecule has 0 aromatic carbocycles. The Kier molecular flexibility index (Phi) is 2.87. The Morgan fingerprint density at radius 1 is 1.11 bits per heavy atom. The molecule has 0 aromatic heterocycles. The lowest BCUT2D eigenvalue weighted by molar-refractivity contribution is -0.0619. The van der Waals surface area contributed by atoms with E-state index in [0.29, 0.717) is 0 Å². The summed E-state index contributed by atoms with van der Waals surface area (Å²) in [5.74, 6) is 0. The molecule has 0 spiro atoms. The maximum Gasteiger partial charge on any atom is 0.277 e. The monoisotopic (exact) mass is 148 g/mol. The highest BCUT2D eigenvalue weighted by Crippen LogP contribution is 2.21. The first-order chi connectivity index (χ1) is 4.06. The largest absolute Gasteiger partial charge is 0.277 e. The third kappa shape index (κ3) is 1.80. The first kappa shape index (κ1) is 8.65. The van der Waals surface area contributed by atoms with E-state index in [2.05, 4.69) is 0 Å². The van der Waals surface area contributed by atoms with Gasteiger partial charge in [0.15, 0.2) is 0 Å². The molecule has 0 nitrogen and oxygen atoms in total. The third-order valence-electron chi connectivity index (χ3n) is 0.835. The van der Waals surface area contributed by atoms with Crippen LogP contribution in [0, 0.1) is 0 Å². The van der Waals surface area contributed by atoms with E-state index in [-0.39, 0.29) is 0 Å². The number of rotatable bonds is 3. The number of halogens is 5. The van der Waals surface area contributed by atoms with Gasteiger partial charge in [0.1, 0.15) is 13.3 Å². The topological polar surface area (TPSA) is 0 Å². The molecule has 0 amide bonds. The van der Waals surface area contributed by atoms with E-state index in [1.165, 1.54) is 0 Å². The molecule has 0 fully saturated rings. The van der Waals surface area contributed by atoms with E-state index >= 15 is 0 Å². The maximum atomic E-state index is 11.9. The summed E-state index contributed by atoms with van der Waals surface area (Å²) >= 11 is 0. The predicted octanol–water partition coefficient (Wildman–Crippen LogP) is 1.90. The molecular formula is C4H5F5. The highest BCUT2D eigenvalue weighted by Gasteiger charge is 2.40. The smallest absolute Gasteiger partial charge is 0.247 e. The normalized spacial score (nSPS) is 12.7. The van der Waals surface area contributed by atoms with E-state index < -0.39 is 25.4 Å². The van der Waals surface area contributed by atoms with Crippen molar-refractivity contribution in [3.8, 4) is 0 Å². The Balaban J connectivity index is 3.92. The second-order valence-corrected chi connectivity index (χ2v) is 1.60. The standard InChI is InChI=1S/C4H5F5/c5-1-4(9,2-6)3(7)8/h3H,1-2H2. The summed E-state index contributed by atoms with van der Waals surface area (Å²) < 4.78 is 56.7. The third-order valence-corrected chi connectivity index (χ3v) is 0.835. The molecule has 9 heavy (non-hydrogen) atoms. The second-order valence-electron chi connectivity index (χ2n) is 1.60. The van der Waals surface area contributed by atoms with Gasteiger partial charge in [0.25, 0.3) is 6.43 Å². The fraction of sp³-hybridized carbons (Fsp3) is 1.00. The van der Waals surface area contributed by atoms with Crippen molar-refractivity contribution in [1.29, 1.82) is 0 Å². The van der Waals surface area contributed by atoms with Crippen LogP contribution in [0.4, 0.5) is 22.0 Å². The zero-order chi connectivity index (χ0) is 7.49. The van der Waals surface area contributed by atoms with Gasteiger partial charge < -0.3 is 0 Å². The lowest BCUT2D eigenvalue weighted by Gasteiger charge is -2.15. The summed E-state index contributed by atoms with van der Waals surface area (Å²) in [5.41, 5.74) is -3.58. The molecule has 0 N–H and O–H groups in total. The number of alkyl halides is 5. The van der Waals surface area contributed by atoms with E-state index in [0.717, 1.165) is 0 Å². The van der Waals surface area contributed by atoms with Gasteiger partial charge in [-0.25, -0.2) is 22.0 Å².